The molecule has 0 aliphatic carbocycles. The van der Waals surface area contributed by atoms with Gasteiger partial charge in [-0.2, -0.15) is 0 Å². The highest BCUT2D eigenvalue weighted by Crippen LogP contribution is 2.39. The van der Waals surface area contributed by atoms with Gasteiger partial charge in [0.15, 0.2) is 4.32 Å². The highest BCUT2D eigenvalue weighted by Gasteiger charge is 2.34. The minimum atomic E-state index is -0.308. The average Bonchev–Trinajstić information content (AvgIpc) is 2.89. The molecule has 0 saturated carbocycles. The van der Waals surface area contributed by atoms with Crippen LogP contribution in [-0.4, -0.2) is 17.3 Å². The first-order valence-electron chi connectivity index (χ1n) is 7.18. The second-order valence-electron chi connectivity index (χ2n) is 5.17. The molecule has 0 atom stereocenters. The largest absolute Gasteiger partial charge is 0.497 e. The molecule has 2 aromatic carbocycles. The molecule has 24 heavy (non-hydrogen) atoms. The van der Waals surface area contributed by atoms with Gasteiger partial charge in [-0.15, -0.1) is 0 Å². The Bertz CT molecular complexity index is 829. The van der Waals surface area contributed by atoms with Crippen molar-refractivity contribution in [2.75, 3.05) is 12.0 Å². The third-order valence-electron chi connectivity index (χ3n) is 3.72. The fourth-order valence-electron chi connectivity index (χ4n) is 2.38. The van der Waals surface area contributed by atoms with E-state index >= 15 is 0 Å². The number of nitrogens with zero attached hydrogens (tertiary/aromatic N) is 1. The number of carbonyl (C=O) groups is 1. The number of anilines is 1. The first-order valence-corrected chi connectivity index (χ1v) is 8.41. The van der Waals surface area contributed by atoms with E-state index in [-0.39, 0.29) is 11.7 Å². The quantitative estimate of drug-likeness (QED) is 0.590. The van der Waals surface area contributed by atoms with Crippen molar-refractivity contribution in [1.29, 1.82) is 0 Å². The lowest BCUT2D eigenvalue weighted by atomic mass is 10.1. The fraction of sp³-hybridized carbons (Fsp3) is 0.111. The molecule has 3 rings (SSSR count). The standard InChI is InChI=1S/C18H14FNO2S2/c1-11(12-3-5-13(19)6-4-12)16-17(21)20(18(23)24-16)14-7-9-15(22-2)10-8-14/h3-10H,1-2H3/b16-11-. The number of thioether (sulfide) groups is 1. The van der Waals surface area contributed by atoms with Crippen LogP contribution in [0.1, 0.15) is 12.5 Å². The first-order chi connectivity index (χ1) is 11.5. The molecule has 0 unspecified atom stereocenters. The van der Waals surface area contributed by atoms with Crippen LogP contribution in [0, 0.1) is 5.82 Å². The summed E-state index contributed by atoms with van der Waals surface area (Å²) in [7, 11) is 1.59. The Labute approximate surface area is 149 Å². The number of hydrogen-bond donors (Lipinski definition) is 0. The SMILES string of the molecule is COc1ccc(N2C(=O)/C(=C(\C)c3ccc(F)cc3)SC2=S)cc1. The van der Waals surface area contributed by atoms with E-state index in [1.165, 1.54) is 28.8 Å². The summed E-state index contributed by atoms with van der Waals surface area (Å²) >= 11 is 6.63. The molecule has 0 radical (unpaired) electrons. The Morgan fingerprint density at radius 2 is 1.75 bits per heavy atom. The van der Waals surface area contributed by atoms with E-state index in [0.29, 0.717) is 20.7 Å². The molecule has 1 aliphatic rings. The second kappa shape index (κ2) is 6.75. The molecule has 3 nitrogen and oxygen atoms in total. The number of benzene rings is 2. The summed E-state index contributed by atoms with van der Waals surface area (Å²) < 4.78 is 18.7. The lowest BCUT2D eigenvalue weighted by molar-refractivity contribution is -0.113. The summed E-state index contributed by atoms with van der Waals surface area (Å²) in [6.07, 6.45) is 0. The Morgan fingerprint density at radius 3 is 2.33 bits per heavy atom. The van der Waals surface area contributed by atoms with Gasteiger partial charge in [0.25, 0.3) is 5.91 Å². The number of methoxy groups -OCH3 is 1. The van der Waals surface area contributed by atoms with E-state index in [4.69, 9.17) is 17.0 Å². The smallest absolute Gasteiger partial charge is 0.271 e. The average molecular weight is 359 g/mol. The number of thiocarbonyl (C=S) groups is 1. The van der Waals surface area contributed by atoms with Crippen LogP contribution in [0.4, 0.5) is 10.1 Å². The van der Waals surface area contributed by atoms with Crippen LogP contribution in [0.3, 0.4) is 0 Å². The van der Waals surface area contributed by atoms with Crippen molar-refractivity contribution in [3.8, 4) is 5.75 Å². The monoisotopic (exact) mass is 359 g/mol. The van der Waals surface area contributed by atoms with E-state index in [1.54, 1.807) is 43.5 Å². The molecular formula is C18H14FNO2S2. The molecule has 1 amide bonds. The van der Waals surface area contributed by atoms with Crippen molar-refractivity contribution < 1.29 is 13.9 Å². The maximum Gasteiger partial charge on any atom is 0.271 e. The summed E-state index contributed by atoms with van der Waals surface area (Å²) in [6, 6.07) is 13.2. The Hall–Kier alpha value is -2.18. The van der Waals surface area contributed by atoms with Gasteiger partial charge in [0.05, 0.1) is 17.7 Å². The van der Waals surface area contributed by atoms with E-state index in [0.717, 1.165) is 11.1 Å². The third kappa shape index (κ3) is 3.07. The molecule has 0 aromatic heterocycles. The minimum absolute atomic E-state index is 0.169. The molecule has 1 aliphatic heterocycles. The zero-order valence-electron chi connectivity index (χ0n) is 13.1. The van der Waals surface area contributed by atoms with Crippen molar-refractivity contribution in [3.63, 3.8) is 0 Å². The summed E-state index contributed by atoms with van der Waals surface area (Å²) in [5, 5.41) is 0. The predicted octanol–water partition coefficient (Wildman–Crippen LogP) is 4.63. The van der Waals surface area contributed by atoms with E-state index in [2.05, 4.69) is 0 Å². The molecular weight excluding hydrogens is 345 g/mol. The van der Waals surface area contributed by atoms with Gasteiger partial charge in [-0.05, 0) is 54.5 Å². The molecule has 122 valence electrons. The van der Waals surface area contributed by atoms with Crippen LogP contribution in [0.25, 0.3) is 5.57 Å². The van der Waals surface area contributed by atoms with E-state index in [1.807, 2.05) is 6.92 Å². The van der Waals surface area contributed by atoms with Crippen molar-refractivity contribution in [1.82, 2.24) is 0 Å². The van der Waals surface area contributed by atoms with Crippen molar-refractivity contribution in [2.45, 2.75) is 6.92 Å². The maximum absolute atomic E-state index is 13.1. The van der Waals surface area contributed by atoms with Crippen LogP contribution >= 0.6 is 24.0 Å². The highest BCUT2D eigenvalue weighted by atomic mass is 32.2. The molecule has 0 N–H and O–H groups in total. The summed E-state index contributed by atoms with van der Waals surface area (Å²) in [5.41, 5.74) is 2.27. The number of ether oxygens (including phenoxy) is 1. The highest BCUT2D eigenvalue weighted by molar-refractivity contribution is 8.27. The topological polar surface area (TPSA) is 29.5 Å². The zero-order chi connectivity index (χ0) is 17.3. The summed E-state index contributed by atoms with van der Waals surface area (Å²) in [6.45, 7) is 1.84. The fourth-order valence-corrected chi connectivity index (χ4v) is 3.73. The second-order valence-corrected chi connectivity index (χ2v) is 6.81. The van der Waals surface area contributed by atoms with Crippen molar-refractivity contribution >= 4 is 45.5 Å². The number of allylic oxidation sites excluding steroid dienone is 1. The van der Waals surface area contributed by atoms with E-state index in [9.17, 15) is 9.18 Å². The van der Waals surface area contributed by atoms with Gasteiger partial charge in [-0.3, -0.25) is 9.69 Å². The number of rotatable bonds is 3. The van der Waals surface area contributed by atoms with Gasteiger partial charge in [0, 0.05) is 0 Å². The zero-order valence-corrected chi connectivity index (χ0v) is 14.7. The van der Waals surface area contributed by atoms with Gasteiger partial charge in [0.1, 0.15) is 11.6 Å². The van der Waals surface area contributed by atoms with Gasteiger partial charge < -0.3 is 4.74 Å². The van der Waals surface area contributed by atoms with Gasteiger partial charge in [-0.25, -0.2) is 4.39 Å². The summed E-state index contributed by atoms with van der Waals surface area (Å²) in [5.74, 6) is 0.233. The Morgan fingerprint density at radius 1 is 1.12 bits per heavy atom. The number of amides is 1. The van der Waals surface area contributed by atoms with Crippen LogP contribution in [-0.2, 0) is 4.79 Å². The first kappa shape index (κ1) is 16.7. The lowest BCUT2D eigenvalue weighted by Gasteiger charge is -2.15. The normalized spacial score (nSPS) is 16.5. The van der Waals surface area contributed by atoms with Gasteiger partial charge >= 0.3 is 0 Å². The third-order valence-corrected chi connectivity index (χ3v) is 5.19. The molecule has 1 saturated heterocycles. The number of carbonyl (C=O) groups excluding carboxylic acids is 1. The Kier molecular flexibility index (Phi) is 4.69. The molecule has 1 heterocycles. The number of hydrogen-bond acceptors (Lipinski definition) is 4. The van der Waals surface area contributed by atoms with E-state index < -0.39 is 0 Å². The van der Waals surface area contributed by atoms with Crippen molar-refractivity contribution in [2.24, 2.45) is 0 Å². The van der Waals surface area contributed by atoms with Crippen LogP contribution in [0.2, 0.25) is 0 Å². The maximum atomic E-state index is 13.1. The molecule has 0 bridgehead atoms. The molecule has 1 fully saturated rings. The molecule has 0 spiro atoms. The molecule has 6 heteroatoms. The minimum Gasteiger partial charge on any atom is -0.497 e. The Balaban J connectivity index is 1.95. The van der Waals surface area contributed by atoms with Crippen LogP contribution in [0.15, 0.2) is 53.4 Å². The number of halogens is 1. The van der Waals surface area contributed by atoms with Crippen LogP contribution < -0.4 is 9.64 Å². The lowest BCUT2D eigenvalue weighted by Crippen LogP contribution is -2.27. The molecule has 2 aromatic rings. The van der Waals surface area contributed by atoms with Gasteiger partial charge in [-0.1, -0.05) is 36.1 Å². The van der Waals surface area contributed by atoms with Gasteiger partial charge in [0.2, 0.25) is 0 Å². The predicted molar refractivity (Wildman–Crippen MR) is 99.7 cm³/mol. The van der Waals surface area contributed by atoms with Crippen molar-refractivity contribution in [3.05, 3.63) is 64.8 Å². The summed E-state index contributed by atoms with van der Waals surface area (Å²) in [4.78, 5) is 14.9. The van der Waals surface area contributed by atoms with Crippen LogP contribution in [0.5, 0.6) is 5.75 Å².